The van der Waals surface area contributed by atoms with Gasteiger partial charge in [0.05, 0.1) is 16.9 Å². The lowest BCUT2D eigenvalue weighted by molar-refractivity contribution is 0.0744. The molecule has 1 fully saturated rings. The van der Waals surface area contributed by atoms with Gasteiger partial charge in [0.25, 0.3) is 11.5 Å². The minimum absolute atomic E-state index is 0.0196. The van der Waals surface area contributed by atoms with Crippen LogP contribution in [0.2, 0.25) is 0 Å². The third-order valence-electron chi connectivity index (χ3n) is 6.94. The smallest absolute Gasteiger partial charge is 0.410 e. The monoisotopic (exact) mass is 519 g/mol. The molecule has 0 radical (unpaired) electrons. The van der Waals surface area contributed by atoms with Crippen molar-refractivity contribution in [1.82, 2.24) is 20.0 Å². The quantitative estimate of drug-likeness (QED) is 0.536. The van der Waals surface area contributed by atoms with Crippen molar-refractivity contribution >= 4 is 17.7 Å². The van der Waals surface area contributed by atoms with Crippen molar-refractivity contribution in [2.24, 2.45) is 0 Å². The molecule has 10 heteroatoms. The maximum absolute atomic E-state index is 14.8. The van der Waals surface area contributed by atoms with Crippen molar-refractivity contribution in [3.05, 3.63) is 92.6 Å². The fraction of sp³-hybridized carbons (Fsp3) is 0.357. The summed E-state index contributed by atoms with van der Waals surface area (Å²) < 4.78 is 20.2. The second-order valence-corrected chi connectivity index (χ2v) is 9.55. The molecule has 38 heavy (non-hydrogen) atoms. The number of anilines is 1. The van der Waals surface area contributed by atoms with Gasteiger partial charge in [-0.15, -0.1) is 0 Å². The second-order valence-electron chi connectivity index (χ2n) is 9.55. The molecule has 2 aliphatic rings. The number of fused-ring (bicyclic) bond motifs is 1. The number of ether oxygens (including phenoxy) is 1. The van der Waals surface area contributed by atoms with Crippen molar-refractivity contribution in [2.75, 3.05) is 38.0 Å². The third kappa shape index (κ3) is 5.69. The highest BCUT2D eigenvalue weighted by Gasteiger charge is 2.26. The molecule has 2 N–H and O–H groups in total. The topological polar surface area (TPSA) is 108 Å². The summed E-state index contributed by atoms with van der Waals surface area (Å²) in [6.45, 7) is 2.38. The molecule has 3 aromatic rings. The first kappa shape index (κ1) is 25.4. The van der Waals surface area contributed by atoms with Gasteiger partial charge in [0.15, 0.2) is 0 Å². The molecule has 0 aliphatic carbocycles. The predicted molar refractivity (Wildman–Crippen MR) is 140 cm³/mol. The number of carbonyl (C=O) groups excluding carboxylic acids is 2. The summed E-state index contributed by atoms with van der Waals surface area (Å²) in [6.07, 6.45) is 2.01. The summed E-state index contributed by atoms with van der Waals surface area (Å²) in [5.74, 6) is -1.02. The van der Waals surface area contributed by atoms with Gasteiger partial charge in [-0.05, 0) is 42.5 Å². The van der Waals surface area contributed by atoms with Crippen LogP contribution in [-0.4, -0.2) is 64.7 Å². The van der Waals surface area contributed by atoms with E-state index in [2.05, 4.69) is 15.5 Å². The molecule has 2 aliphatic heterocycles. The highest BCUT2D eigenvalue weighted by molar-refractivity contribution is 5.94. The van der Waals surface area contributed by atoms with Gasteiger partial charge >= 0.3 is 6.09 Å². The van der Waals surface area contributed by atoms with Crippen molar-refractivity contribution in [2.45, 2.75) is 32.3 Å². The summed E-state index contributed by atoms with van der Waals surface area (Å²) >= 11 is 0. The number of amides is 2. The number of hydrogen-bond donors (Lipinski definition) is 2. The number of H-pyrrole nitrogens is 1. The van der Waals surface area contributed by atoms with E-state index >= 15 is 0 Å². The number of rotatable bonds is 5. The summed E-state index contributed by atoms with van der Waals surface area (Å²) in [4.78, 5) is 41.2. The lowest BCUT2D eigenvalue weighted by Gasteiger charge is -2.22. The average molecular weight is 520 g/mol. The van der Waals surface area contributed by atoms with Crippen molar-refractivity contribution < 1.29 is 18.7 Å². The number of nitrogens with zero attached hydrogens (tertiary/aromatic N) is 3. The van der Waals surface area contributed by atoms with E-state index in [1.807, 2.05) is 30.3 Å². The molecule has 2 amide bonds. The minimum Gasteiger partial charge on any atom is -0.445 e. The Balaban J connectivity index is 1.24. The molecule has 1 aromatic heterocycles. The van der Waals surface area contributed by atoms with Crippen LogP contribution in [0, 0.1) is 5.82 Å². The molecule has 0 saturated carbocycles. The van der Waals surface area contributed by atoms with Gasteiger partial charge in [-0.3, -0.25) is 9.59 Å². The number of nitrogens with one attached hydrogen (secondary N) is 2. The zero-order valence-corrected chi connectivity index (χ0v) is 21.0. The van der Waals surface area contributed by atoms with Crippen LogP contribution in [0.5, 0.6) is 0 Å². The summed E-state index contributed by atoms with van der Waals surface area (Å²) in [6, 6.07) is 13.9. The van der Waals surface area contributed by atoms with E-state index in [4.69, 9.17) is 4.74 Å². The molecule has 1 saturated heterocycles. The zero-order chi connectivity index (χ0) is 26.5. The van der Waals surface area contributed by atoms with Crippen LogP contribution in [0.3, 0.4) is 0 Å². The van der Waals surface area contributed by atoms with Crippen LogP contribution in [0.1, 0.15) is 45.6 Å². The first-order valence-electron chi connectivity index (χ1n) is 12.9. The van der Waals surface area contributed by atoms with Gasteiger partial charge in [-0.1, -0.05) is 36.4 Å². The Morgan fingerprint density at radius 3 is 2.61 bits per heavy atom. The van der Waals surface area contributed by atoms with Crippen LogP contribution in [0.25, 0.3) is 0 Å². The van der Waals surface area contributed by atoms with Crippen molar-refractivity contribution in [3.63, 3.8) is 0 Å². The van der Waals surface area contributed by atoms with Gasteiger partial charge in [-0.25, -0.2) is 14.3 Å². The molecule has 198 valence electrons. The SMILES string of the molecule is O=C(OCc1ccccc1)N1CCCN(C(=O)c2cc(Cc3n[nH]c(=O)c4c3NCCC4)ccc2F)CC1. The van der Waals surface area contributed by atoms with Crippen LogP contribution in [-0.2, 0) is 24.2 Å². The van der Waals surface area contributed by atoms with Gasteiger partial charge < -0.3 is 19.9 Å². The molecular weight excluding hydrogens is 489 g/mol. The molecule has 0 unspecified atom stereocenters. The molecule has 0 spiro atoms. The van der Waals surface area contributed by atoms with Gasteiger partial charge in [-0.2, -0.15) is 5.10 Å². The molecule has 0 atom stereocenters. The van der Waals surface area contributed by atoms with Crippen LogP contribution in [0.15, 0.2) is 53.3 Å². The van der Waals surface area contributed by atoms with E-state index in [0.29, 0.717) is 55.7 Å². The number of halogens is 1. The Labute approximate surface area is 219 Å². The minimum atomic E-state index is -0.600. The van der Waals surface area contributed by atoms with E-state index in [9.17, 15) is 18.8 Å². The highest BCUT2D eigenvalue weighted by Crippen LogP contribution is 2.24. The number of aromatic nitrogens is 2. The Bertz CT molecular complexity index is 1380. The van der Waals surface area contributed by atoms with E-state index in [1.165, 1.54) is 6.07 Å². The Morgan fingerprint density at radius 2 is 1.76 bits per heavy atom. The highest BCUT2D eigenvalue weighted by atomic mass is 19.1. The normalized spacial score (nSPS) is 15.3. The Morgan fingerprint density at radius 1 is 0.974 bits per heavy atom. The van der Waals surface area contributed by atoms with Crippen LogP contribution in [0.4, 0.5) is 14.9 Å². The standard InChI is InChI=1S/C28H30FN5O4/c29-23-10-9-20(17-24-25-21(8-4-11-30-25)26(35)32-31-24)16-22(23)27(36)33-12-5-13-34(15-14-33)28(37)38-18-19-6-2-1-3-7-19/h1-3,6-7,9-10,16,30H,4-5,8,11-15,17-18H2,(H,32,35). The molecule has 0 bridgehead atoms. The van der Waals surface area contributed by atoms with Crippen LogP contribution >= 0.6 is 0 Å². The molecule has 3 heterocycles. The van der Waals surface area contributed by atoms with Crippen molar-refractivity contribution in [1.29, 1.82) is 0 Å². The Kier molecular flexibility index (Phi) is 7.67. The number of benzene rings is 2. The first-order valence-corrected chi connectivity index (χ1v) is 12.9. The fourth-order valence-electron chi connectivity index (χ4n) is 4.91. The van der Waals surface area contributed by atoms with E-state index < -0.39 is 17.8 Å². The van der Waals surface area contributed by atoms with Crippen LogP contribution < -0.4 is 10.9 Å². The van der Waals surface area contributed by atoms with Gasteiger partial charge in [0.1, 0.15) is 12.4 Å². The van der Waals surface area contributed by atoms with E-state index in [0.717, 1.165) is 24.2 Å². The van der Waals surface area contributed by atoms with E-state index in [-0.39, 0.29) is 24.3 Å². The molecule has 9 nitrogen and oxygen atoms in total. The largest absolute Gasteiger partial charge is 0.445 e. The number of carbonyl (C=O) groups is 2. The summed E-state index contributed by atoms with van der Waals surface area (Å²) in [5, 5.41) is 10.0. The Hall–Kier alpha value is -4.21. The number of aromatic amines is 1. The number of hydrogen-bond acceptors (Lipinski definition) is 6. The summed E-state index contributed by atoms with van der Waals surface area (Å²) in [7, 11) is 0. The lowest BCUT2D eigenvalue weighted by Crippen LogP contribution is -2.37. The maximum atomic E-state index is 14.8. The van der Waals surface area contributed by atoms with E-state index in [1.54, 1.807) is 21.9 Å². The predicted octanol–water partition coefficient (Wildman–Crippen LogP) is 3.34. The average Bonchev–Trinajstić information content (AvgIpc) is 3.21. The molecule has 2 aromatic carbocycles. The van der Waals surface area contributed by atoms with Gasteiger partial charge in [0.2, 0.25) is 0 Å². The second kappa shape index (κ2) is 11.5. The molecular formula is C28H30FN5O4. The van der Waals surface area contributed by atoms with Crippen molar-refractivity contribution in [3.8, 4) is 0 Å². The lowest BCUT2D eigenvalue weighted by atomic mass is 9.99. The summed E-state index contributed by atoms with van der Waals surface area (Å²) in [5.41, 5.74) is 3.45. The zero-order valence-electron chi connectivity index (χ0n) is 21.0. The fourth-order valence-corrected chi connectivity index (χ4v) is 4.91. The third-order valence-corrected chi connectivity index (χ3v) is 6.94. The molecule has 5 rings (SSSR count). The van der Waals surface area contributed by atoms with Gasteiger partial charge in [0, 0.05) is 44.7 Å². The maximum Gasteiger partial charge on any atom is 0.410 e. The first-order chi connectivity index (χ1) is 18.5.